The molecule has 1 unspecified atom stereocenters. The number of aromatic nitrogens is 2. The van der Waals surface area contributed by atoms with Crippen molar-refractivity contribution < 1.29 is 14.6 Å². The van der Waals surface area contributed by atoms with Crippen molar-refractivity contribution in [2.75, 3.05) is 6.61 Å². The molecule has 1 aromatic heterocycles. The quantitative estimate of drug-likeness (QED) is 0.871. The van der Waals surface area contributed by atoms with Gasteiger partial charge in [0.05, 0.1) is 23.9 Å². The maximum atomic E-state index is 12.1. The second kappa shape index (κ2) is 6.14. The Morgan fingerprint density at radius 1 is 1.28 bits per heavy atom. The van der Waals surface area contributed by atoms with Crippen LogP contribution in [0.4, 0.5) is 0 Å². The van der Waals surface area contributed by atoms with Crippen LogP contribution in [0.5, 0.6) is 5.75 Å². The van der Waals surface area contributed by atoms with Crippen LogP contribution in [0.3, 0.4) is 0 Å². The highest BCUT2D eigenvalue weighted by atomic mass is 16.5. The molecule has 1 saturated carbocycles. The molecule has 25 heavy (non-hydrogen) atoms. The molecule has 1 aromatic carbocycles. The van der Waals surface area contributed by atoms with E-state index in [9.17, 15) is 9.90 Å². The number of benzene rings is 1. The SMILES string of the molecule is CCC1[C@@](C)(C(=O)O)[C@]1(COc1cnc(C)nc1C)c1ccccc1. The van der Waals surface area contributed by atoms with Crippen LogP contribution in [0, 0.1) is 25.2 Å². The molecule has 3 atom stereocenters. The maximum Gasteiger partial charge on any atom is 0.310 e. The Morgan fingerprint density at radius 3 is 2.48 bits per heavy atom. The standard InChI is InChI=1S/C20H24N2O3/c1-5-17-19(4,18(23)24)20(17,15-9-7-6-8-10-15)12-25-16-11-21-14(3)22-13(16)2/h6-11,17H,5,12H2,1-4H3,(H,23,24)/t17?,19-,20+/m0/s1. The first-order valence-corrected chi connectivity index (χ1v) is 8.60. The molecule has 1 aliphatic rings. The van der Waals surface area contributed by atoms with Crippen LogP contribution < -0.4 is 4.74 Å². The van der Waals surface area contributed by atoms with E-state index in [2.05, 4.69) is 9.97 Å². The monoisotopic (exact) mass is 340 g/mol. The zero-order valence-electron chi connectivity index (χ0n) is 15.1. The molecular weight excluding hydrogens is 316 g/mol. The van der Waals surface area contributed by atoms with Crippen LogP contribution >= 0.6 is 0 Å². The minimum atomic E-state index is -0.845. The average Bonchev–Trinajstić information content (AvgIpc) is 3.15. The van der Waals surface area contributed by atoms with E-state index in [0.717, 1.165) is 17.7 Å². The van der Waals surface area contributed by atoms with Gasteiger partial charge in [0.1, 0.15) is 5.82 Å². The molecule has 5 nitrogen and oxygen atoms in total. The molecule has 1 fully saturated rings. The van der Waals surface area contributed by atoms with Crippen molar-refractivity contribution in [1.29, 1.82) is 0 Å². The van der Waals surface area contributed by atoms with E-state index in [1.807, 2.05) is 58.0 Å². The van der Waals surface area contributed by atoms with Gasteiger partial charge in [-0.15, -0.1) is 0 Å². The van der Waals surface area contributed by atoms with E-state index >= 15 is 0 Å². The second-order valence-electron chi connectivity index (χ2n) is 6.96. The van der Waals surface area contributed by atoms with E-state index in [-0.39, 0.29) is 5.92 Å². The molecule has 0 radical (unpaired) electrons. The Morgan fingerprint density at radius 2 is 1.96 bits per heavy atom. The third-order valence-corrected chi connectivity index (χ3v) is 5.79. The summed E-state index contributed by atoms with van der Waals surface area (Å²) in [6, 6.07) is 9.84. The number of ether oxygens (including phenoxy) is 1. The van der Waals surface area contributed by atoms with Crippen LogP contribution in [0.25, 0.3) is 0 Å². The minimum absolute atomic E-state index is 0.0200. The van der Waals surface area contributed by atoms with Crippen LogP contribution in [-0.2, 0) is 10.2 Å². The van der Waals surface area contributed by atoms with Gasteiger partial charge in [-0.25, -0.2) is 9.97 Å². The van der Waals surface area contributed by atoms with Crippen molar-refractivity contribution in [3.05, 3.63) is 53.6 Å². The van der Waals surface area contributed by atoms with Gasteiger partial charge in [-0.05, 0) is 32.3 Å². The maximum absolute atomic E-state index is 12.1. The summed E-state index contributed by atoms with van der Waals surface area (Å²) in [5.74, 6) is 0.543. The van der Waals surface area contributed by atoms with E-state index in [4.69, 9.17) is 4.74 Å². The number of aliphatic carboxylic acids is 1. The highest BCUT2D eigenvalue weighted by molar-refractivity contribution is 5.83. The van der Waals surface area contributed by atoms with Gasteiger partial charge in [0.15, 0.2) is 5.75 Å². The Hall–Kier alpha value is -2.43. The van der Waals surface area contributed by atoms with Gasteiger partial charge in [-0.2, -0.15) is 0 Å². The van der Waals surface area contributed by atoms with Crippen molar-refractivity contribution in [2.45, 2.75) is 39.5 Å². The fraction of sp³-hybridized carbons (Fsp3) is 0.450. The van der Waals surface area contributed by atoms with Crippen LogP contribution in [0.1, 0.15) is 37.4 Å². The Labute approximate surface area is 148 Å². The van der Waals surface area contributed by atoms with Gasteiger partial charge in [0, 0.05) is 5.41 Å². The topological polar surface area (TPSA) is 72.3 Å². The fourth-order valence-corrected chi connectivity index (χ4v) is 4.36. The predicted octanol–water partition coefficient (Wildman–Crippen LogP) is 3.54. The van der Waals surface area contributed by atoms with Crippen molar-refractivity contribution in [3.63, 3.8) is 0 Å². The average molecular weight is 340 g/mol. The lowest BCUT2D eigenvalue weighted by atomic mass is 9.87. The van der Waals surface area contributed by atoms with Crippen LogP contribution in [0.2, 0.25) is 0 Å². The van der Waals surface area contributed by atoms with E-state index in [1.54, 1.807) is 6.20 Å². The molecule has 1 N–H and O–H groups in total. The summed E-state index contributed by atoms with van der Waals surface area (Å²) in [4.78, 5) is 20.6. The zero-order valence-corrected chi connectivity index (χ0v) is 15.1. The van der Waals surface area contributed by atoms with Crippen molar-refractivity contribution in [3.8, 4) is 5.75 Å². The summed E-state index contributed by atoms with van der Waals surface area (Å²) in [5, 5.41) is 9.92. The third-order valence-electron chi connectivity index (χ3n) is 5.79. The van der Waals surface area contributed by atoms with Gasteiger partial charge in [0.25, 0.3) is 0 Å². The Balaban J connectivity index is 1.98. The largest absolute Gasteiger partial charge is 0.489 e. The summed E-state index contributed by atoms with van der Waals surface area (Å²) in [6.45, 7) is 7.87. The summed E-state index contributed by atoms with van der Waals surface area (Å²) in [6.07, 6.45) is 2.45. The summed E-state index contributed by atoms with van der Waals surface area (Å²) in [7, 11) is 0. The molecule has 5 heteroatoms. The molecule has 1 heterocycles. The third kappa shape index (κ3) is 2.49. The molecule has 132 valence electrons. The smallest absolute Gasteiger partial charge is 0.310 e. The highest BCUT2D eigenvalue weighted by Crippen LogP contribution is 2.71. The molecule has 0 aliphatic heterocycles. The Kier molecular flexibility index (Phi) is 4.27. The number of nitrogens with zero attached hydrogens (tertiary/aromatic N) is 2. The lowest BCUT2D eigenvalue weighted by molar-refractivity contribution is -0.144. The molecule has 0 saturated heterocycles. The van der Waals surface area contributed by atoms with E-state index in [1.165, 1.54) is 0 Å². The minimum Gasteiger partial charge on any atom is -0.489 e. The molecular formula is C20H24N2O3. The molecule has 0 spiro atoms. The summed E-state index contributed by atoms with van der Waals surface area (Å²) in [5.41, 5.74) is 0.383. The van der Waals surface area contributed by atoms with Crippen LogP contribution in [-0.4, -0.2) is 27.7 Å². The van der Waals surface area contributed by atoms with Crippen LogP contribution in [0.15, 0.2) is 36.5 Å². The number of hydrogen-bond donors (Lipinski definition) is 1. The number of aryl methyl sites for hydroxylation is 2. The number of carbonyl (C=O) groups is 1. The van der Waals surface area contributed by atoms with Crippen molar-refractivity contribution in [1.82, 2.24) is 9.97 Å². The fourth-order valence-electron chi connectivity index (χ4n) is 4.36. The van der Waals surface area contributed by atoms with Gasteiger partial charge >= 0.3 is 5.97 Å². The number of carboxylic acid groups (broad SMARTS) is 1. The van der Waals surface area contributed by atoms with Gasteiger partial charge in [-0.3, -0.25) is 4.79 Å². The lowest BCUT2D eigenvalue weighted by Crippen LogP contribution is -2.29. The first-order valence-electron chi connectivity index (χ1n) is 8.60. The number of carboxylic acids is 1. The molecule has 0 bridgehead atoms. The van der Waals surface area contributed by atoms with Gasteiger partial charge in [-0.1, -0.05) is 43.7 Å². The zero-order chi connectivity index (χ0) is 18.2. The lowest BCUT2D eigenvalue weighted by Gasteiger charge is -2.22. The number of hydrogen-bond acceptors (Lipinski definition) is 4. The molecule has 0 amide bonds. The normalized spacial score (nSPS) is 27.8. The molecule has 2 aromatic rings. The first kappa shape index (κ1) is 17.4. The summed E-state index contributed by atoms with van der Waals surface area (Å²) < 4.78 is 6.06. The van der Waals surface area contributed by atoms with Gasteiger partial charge in [0.2, 0.25) is 0 Å². The second-order valence-corrected chi connectivity index (χ2v) is 6.96. The van der Waals surface area contributed by atoms with Crippen molar-refractivity contribution >= 4 is 5.97 Å². The highest BCUT2D eigenvalue weighted by Gasteiger charge is 2.78. The van der Waals surface area contributed by atoms with Crippen molar-refractivity contribution in [2.24, 2.45) is 11.3 Å². The number of rotatable bonds is 6. The Bertz CT molecular complexity index is 793. The summed E-state index contributed by atoms with van der Waals surface area (Å²) >= 11 is 0. The predicted molar refractivity (Wildman–Crippen MR) is 94.6 cm³/mol. The molecule has 1 aliphatic carbocycles. The van der Waals surface area contributed by atoms with Gasteiger partial charge < -0.3 is 9.84 Å². The first-order chi connectivity index (χ1) is 11.9. The van der Waals surface area contributed by atoms with E-state index in [0.29, 0.717) is 18.2 Å². The van der Waals surface area contributed by atoms with E-state index < -0.39 is 16.8 Å². The molecule has 3 rings (SSSR count).